The number of hydrogen-bond acceptors (Lipinski definition) is 4. The summed E-state index contributed by atoms with van der Waals surface area (Å²) in [5, 5.41) is 15.8. The van der Waals surface area contributed by atoms with Crippen molar-refractivity contribution in [3.8, 4) is 0 Å². The SMILES string of the molecule is CC(O)C1(c2ccccc2)NN=C(c2ccccc2)N(C)C1c1ccccc1. The summed E-state index contributed by atoms with van der Waals surface area (Å²) in [6, 6.07) is 30.4. The largest absolute Gasteiger partial charge is 0.390 e. The lowest BCUT2D eigenvalue weighted by Crippen LogP contribution is -2.61. The number of aliphatic hydroxyl groups excluding tert-OH is 1. The van der Waals surface area contributed by atoms with Crippen LogP contribution in [0.1, 0.15) is 29.7 Å². The molecule has 1 aliphatic rings. The molecule has 2 N–H and O–H groups in total. The molecule has 4 nitrogen and oxygen atoms in total. The van der Waals surface area contributed by atoms with Gasteiger partial charge in [-0.1, -0.05) is 91.0 Å². The van der Waals surface area contributed by atoms with Gasteiger partial charge in [0.05, 0.1) is 12.1 Å². The molecule has 0 amide bonds. The Bertz CT molecular complexity index is 941. The summed E-state index contributed by atoms with van der Waals surface area (Å²) in [5.74, 6) is 0.849. The summed E-state index contributed by atoms with van der Waals surface area (Å²) in [7, 11) is 2.05. The van der Waals surface area contributed by atoms with Crippen molar-refractivity contribution >= 4 is 5.84 Å². The van der Waals surface area contributed by atoms with Gasteiger partial charge in [-0.25, -0.2) is 0 Å². The van der Waals surface area contributed by atoms with Crippen molar-refractivity contribution in [3.05, 3.63) is 108 Å². The molecule has 4 rings (SSSR count). The van der Waals surface area contributed by atoms with Gasteiger partial charge in [0.2, 0.25) is 0 Å². The molecular formula is C24H25N3O. The zero-order chi connectivity index (χ0) is 19.6. The Kier molecular flexibility index (Phi) is 4.88. The molecule has 142 valence electrons. The zero-order valence-corrected chi connectivity index (χ0v) is 16.2. The predicted molar refractivity (Wildman–Crippen MR) is 113 cm³/mol. The average Bonchev–Trinajstić information content (AvgIpc) is 2.75. The topological polar surface area (TPSA) is 47.9 Å². The van der Waals surface area contributed by atoms with E-state index in [2.05, 4.69) is 34.6 Å². The van der Waals surface area contributed by atoms with Crippen molar-refractivity contribution in [2.24, 2.45) is 5.10 Å². The second-order valence-electron chi connectivity index (χ2n) is 7.25. The molecule has 4 heteroatoms. The van der Waals surface area contributed by atoms with Crippen LogP contribution in [-0.2, 0) is 5.54 Å². The fourth-order valence-corrected chi connectivity index (χ4v) is 4.19. The number of likely N-dealkylation sites (N-methyl/N-ethyl adjacent to an activating group) is 1. The van der Waals surface area contributed by atoms with E-state index in [1.807, 2.05) is 80.7 Å². The van der Waals surface area contributed by atoms with Gasteiger partial charge in [-0.05, 0) is 18.1 Å². The molecule has 0 spiro atoms. The molecule has 0 saturated heterocycles. The second kappa shape index (κ2) is 7.49. The fourth-order valence-electron chi connectivity index (χ4n) is 4.19. The quantitative estimate of drug-likeness (QED) is 0.731. The Morgan fingerprint density at radius 2 is 1.43 bits per heavy atom. The Morgan fingerprint density at radius 3 is 2.00 bits per heavy atom. The monoisotopic (exact) mass is 371 g/mol. The van der Waals surface area contributed by atoms with E-state index in [1.54, 1.807) is 0 Å². The Labute approximate surface area is 166 Å². The molecule has 0 fully saturated rings. The van der Waals surface area contributed by atoms with Gasteiger partial charge in [-0.3, -0.25) is 5.43 Å². The number of nitrogens with one attached hydrogen (secondary N) is 1. The maximum absolute atomic E-state index is 11.0. The molecule has 3 aromatic carbocycles. The van der Waals surface area contributed by atoms with Crippen LogP contribution < -0.4 is 5.43 Å². The first-order chi connectivity index (χ1) is 13.6. The third kappa shape index (κ3) is 2.96. The summed E-state index contributed by atoms with van der Waals surface area (Å²) >= 11 is 0. The number of benzene rings is 3. The standard InChI is InChI=1S/C24H25N3O/c1-18(28)24(21-16-10-5-11-17-21)22(19-12-6-3-7-13-19)27(2)23(25-26-24)20-14-8-4-9-15-20/h3-18,22,26,28H,1-2H3. The van der Waals surface area contributed by atoms with E-state index in [0.717, 1.165) is 22.5 Å². The Morgan fingerprint density at radius 1 is 0.893 bits per heavy atom. The summed E-state index contributed by atoms with van der Waals surface area (Å²) in [6.45, 7) is 1.83. The van der Waals surface area contributed by atoms with E-state index in [9.17, 15) is 5.11 Å². The number of rotatable bonds is 4. The average molecular weight is 371 g/mol. The molecule has 0 aliphatic carbocycles. The van der Waals surface area contributed by atoms with Crippen molar-refractivity contribution in [3.63, 3.8) is 0 Å². The van der Waals surface area contributed by atoms with Gasteiger partial charge in [-0.15, -0.1) is 0 Å². The minimum atomic E-state index is -0.782. The predicted octanol–water partition coefficient (Wildman–Crippen LogP) is 3.90. The lowest BCUT2D eigenvalue weighted by molar-refractivity contribution is 0.0125. The summed E-state index contributed by atoms with van der Waals surface area (Å²) in [5.41, 5.74) is 5.74. The lowest BCUT2D eigenvalue weighted by Gasteiger charge is -2.51. The first kappa shape index (κ1) is 18.3. The number of aliphatic hydroxyl groups is 1. The van der Waals surface area contributed by atoms with Crippen LogP contribution in [0.2, 0.25) is 0 Å². The Hall–Kier alpha value is -3.11. The molecule has 0 aromatic heterocycles. The third-order valence-electron chi connectivity index (χ3n) is 5.56. The van der Waals surface area contributed by atoms with Crippen molar-refractivity contribution in [2.45, 2.75) is 24.6 Å². The van der Waals surface area contributed by atoms with Crippen LogP contribution in [0, 0.1) is 0 Å². The zero-order valence-electron chi connectivity index (χ0n) is 16.2. The number of amidine groups is 1. The van der Waals surface area contributed by atoms with Crippen molar-refractivity contribution in [1.82, 2.24) is 10.3 Å². The third-order valence-corrected chi connectivity index (χ3v) is 5.56. The van der Waals surface area contributed by atoms with E-state index in [0.29, 0.717) is 0 Å². The summed E-state index contributed by atoms with van der Waals surface area (Å²) in [6.07, 6.45) is -0.677. The minimum absolute atomic E-state index is 0.149. The van der Waals surface area contributed by atoms with Gasteiger partial charge in [0, 0.05) is 12.6 Å². The van der Waals surface area contributed by atoms with Crippen molar-refractivity contribution < 1.29 is 5.11 Å². The first-order valence-corrected chi connectivity index (χ1v) is 9.56. The highest BCUT2D eigenvalue weighted by atomic mass is 16.3. The van der Waals surface area contributed by atoms with Crippen LogP contribution in [0.25, 0.3) is 0 Å². The maximum atomic E-state index is 11.0. The van der Waals surface area contributed by atoms with Gasteiger partial charge >= 0.3 is 0 Å². The number of hydrogen-bond donors (Lipinski definition) is 2. The highest BCUT2D eigenvalue weighted by molar-refractivity contribution is 5.99. The second-order valence-corrected chi connectivity index (χ2v) is 7.25. The first-order valence-electron chi connectivity index (χ1n) is 9.56. The van der Waals surface area contributed by atoms with E-state index >= 15 is 0 Å². The van der Waals surface area contributed by atoms with Crippen LogP contribution >= 0.6 is 0 Å². The molecule has 28 heavy (non-hydrogen) atoms. The minimum Gasteiger partial charge on any atom is -0.390 e. The van der Waals surface area contributed by atoms with Crippen LogP contribution in [0.15, 0.2) is 96.1 Å². The number of hydrazone groups is 1. The lowest BCUT2D eigenvalue weighted by atomic mass is 9.74. The molecule has 3 atom stereocenters. The summed E-state index contributed by atoms with van der Waals surface area (Å²) < 4.78 is 0. The highest BCUT2D eigenvalue weighted by Crippen LogP contribution is 2.44. The van der Waals surface area contributed by atoms with E-state index in [4.69, 9.17) is 5.10 Å². The van der Waals surface area contributed by atoms with E-state index in [1.165, 1.54) is 0 Å². The molecule has 3 aromatic rings. The van der Waals surface area contributed by atoms with Crippen LogP contribution in [-0.4, -0.2) is 29.0 Å². The summed E-state index contributed by atoms with van der Waals surface area (Å²) in [4.78, 5) is 2.17. The smallest absolute Gasteiger partial charge is 0.156 e. The Balaban J connectivity index is 1.93. The van der Waals surface area contributed by atoms with Crippen LogP contribution in [0.5, 0.6) is 0 Å². The van der Waals surface area contributed by atoms with Gasteiger partial charge in [0.1, 0.15) is 5.54 Å². The van der Waals surface area contributed by atoms with Crippen molar-refractivity contribution in [2.75, 3.05) is 7.05 Å². The normalized spacial score (nSPS) is 22.9. The molecule has 1 heterocycles. The van der Waals surface area contributed by atoms with Crippen LogP contribution in [0.3, 0.4) is 0 Å². The van der Waals surface area contributed by atoms with Crippen molar-refractivity contribution in [1.29, 1.82) is 0 Å². The fraction of sp³-hybridized carbons (Fsp3) is 0.208. The molecule has 0 bridgehead atoms. The molecule has 3 unspecified atom stereocenters. The molecular weight excluding hydrogens is 346 g/mol. The van der Waals surface area contributed by atoms with Gasteiger partial charge < -0.3 is 10.0 Å². The maximum Gasteiger partial charge on any atom is 0.156 e. The van der Waals surface area contributed by atoms with E-state index in [-0.39, 0.29) is 6.04 Å². The molecule has 0 saturated carbocycles. The van der Waals surface area contributed by atoms with E-state index < -0.39 is 11.6 Å². The molecule has 0 radical (unpaired) electrons. The highest BCUT2D eigenvalue weighted by Gasteiger charge is 2.50. The van der Waals surface area contributed by atoms with Gasteiger partial charge in [-0.2, -0.15) is 5.10 Å². The van der Waals surface area contributed by atoms with Gasteiger partial charge in [0.15, 0.2) is 5.84 Å². The number of nitrogens with zero attached hydrogens (tertiary/aromatic N) is 2. The molecule has 1 aliphatic heterocycles. The van der Waals surface area contributed by atoms with Gasteiger partial charge in [0.25, 0.3) is 0 Å². The van der Waals surface area contributed by atoms with Crippen LogP contribution in [0.4, 0.5) is 0 Å².